The molecule has 2 heteroatoms. The zero-order valence-corrected chi connectivity index (χ0v) is 11.8. The maximum Gasteiger partial charge on any atom is 0.0442 e. The van der Waals surface area contributed by atoms with Crippen LogP contribution in [0.15, 0.2) is 42.5 Å². The summed E-state index contributed by atoms with van der Waals surface area (Å²) in [6.45, 7) is 2.17. The molecule has 1 radical (unpaired) electrons. The van der Waals surface area contributed by atoms with E-state index in [1.165, 1.54) is 11.1 Å². The molecule has 93 valence electrons. The summed E-state index contributed by atoms with van der Waals surface area (Å²) < 4.78 is 0. The van der Waals surface area contributed by atoms with Crippen LogP contribution in [0.25, 0.3) is 0 Å². The highest BCUT2D eigenvalue weighted by Crippen LogP contribution is 2.24. The largest absolute Gasteiger partial charge is 0.0843 e. The topological polar surface area (TPSA) is 0 Å². The molecule has 0 aliphatic carbocycles. The molecule has 0 spiro atoms. The lowest BCUT2D eigenvalue weighted by Crippen LogP contribution is -1.95. The molecule has 0 aliphatic heterocycles. The normalized spacial score (nSPS) is 10.6. The van der Waals surface area contributed by atoms with Gasteiger partial charge in [-0.3, -0.25) is 0 Å². The van der Waals surface area contributed by atoms with E-state index >= 15 is 0 Å². The van der Waals surface area contributed by atoms with Crippen LogP contribution in [0, 0.1) is 6.42 Å². The molecule has 0 atom stereocenters. The molecule has 0 heterocycles. The number of halogens is 2. The van der Waals surface area contributed by atoms with Gasteiger partial charge in [0, 0.05) is 10.0 Å². The fraction of sp³-hybridized carbons (Fsp3) is 0.188. The minimum atomic E-state index is 0.717. The van der Waals surface area contributed by atoms with Gasteiger partial charge < -0.3 is 0 Å². The second kappa shape index (κ2) is 6.26. The first-order valence-corrected chi connectivity index (χ1v) is 6.81. The van der Waals surface area contributed by atoms with Gasteiger partial charge in [0.1, 0.15) is 0 Å². The maximum atomic E-state index is 6.15. The molecular weight excluding hydrogens is 263 g/mol. The molecule has 0 bridgehead atoms. The van der Waals surface area contributed by atoms with Gasteiger partial charge in [0.2, 0.25) is 0 Å². The summed E-state index contributed by atoms with van der Waals surface area (Å²) in [4.78, 5) is 0. The fourth-order valence-electron chi connectivity index (χ4n) is 1.99. The van der Waals surface area contributed by atoms with Gasteiger partial charge in [-0.05, 0) is 54.2 Å². The second-order valence-electron chi connectivity index (χ2n) is 4.20. The molecule has 2 rings (SSSR count). The summed E-state index contributed by atoms with van der Waals surface area (Å²) in [7, 11) is 0. The van der Waals surface area contributed by atoms with Crippen LogP contribution in [-0.2, 0) is 12.8 Å². The molecule has 0 N–H and O–H groups in total. The third-order valence-corrected chi connectivity index (χ3v) is 3.58. The van der Waals surface area contributed by atoms with Crippen molar-refractivity contribution in [3.05, 3.63) is 75.6 Å². The van der Waals surface area contributed by atoms with E-state index in [1.54, 1.807) is 6.07 Å². The molecule has 0 saturated carbocycles. The van der Waals surface area contributed by atoms with Gasteiger partial charge in [0.15, 0.2) is 0 Å². The molecular formula is C16H15Cl2. The Kier molecular flexibility index (Phi) is 4.68. The van der Waals surface area contributed by atoms with Crippen LogP contribution in [0.2, 0.25) is 10.0 Å². The first-order valence-electron chi connectivity index (χ1n) is 6.05. The highest BCUT2D eigenvalue weighted by Gasteiger charge is 2.04. The Morgan fingerprint density at radius 3 is 2.44 bits per heavy atom. The summed E-state index contributed by atoms with van der Waals surface area (Å²) in [5.74, 6) is 0. The molecule has 0 fully saturated rings. The minimum Gasteiger partial charge on any atom is -0.0843 e. The van der Waals surface area contributed by atoms with Gasteiger partial charge in [0.25, 0.3) is 0 Å². The second-order valence-corrected chi connectivity index (χ2v) is 5.04. The number of rotatable bonds is 4. The van der Waals surface area contributed by atoms with Crippen LogP contribution >= 0.6 is 23.2 Å². The molecule has 2 aromatic rings. The standard InChI is InChI=1S/C16H15Cl2/c1-2-12-5-3-4-6-13(12)7-8-14-11-15(17)9-10-16(14)18/h3-6,8-11H,2,7H2,1H3. The van der Waals surface area contributed by atoms with E-state index in [9.17, 15) is 0 Å². The molecule has 0 amide bonds. The van der Waals surface area contributed by atoms with Crippen LogP contribution < -0.4 is 0 Å². The van der Waals surface area contributed by atoms with Crippen molar-refractivity contribution in [2.24, 2.45) is 0 Å². The molecule has 0 aliphatic rings. The monoisotopic (exact) mass is 277 g/mol. The van der Waals surface area contributed by atoms with E-state index in [4.69, 9.17) is 23.2 Å². The average molecular weight is 278 g/mol. The van der Waals surface area contributed by atoms with Crippen molar-refractivity contribution in [3.8, 4) is 0 Å². The Labute approximate surface area is 119 Å². The van der Waals surface area contributed by atoms with E-state index in [0.29, 0.717) is 0 Å². The SMILES string of the molecule is CCc1ccccc1C[CH]c1cc(Cl)ccc1Cl. The van der Waals surface area contributed by atoms with Gasteiger partial charge in [-0.2, -0.15) is 0 Å². The molecule has 18 heavy (non-hydrogen) atoms. The van der Waals surface area contributed by atoms with Gasteiger partial charge in [-0.1, -0.05) is 54.4 Å². The number of benzene rings is 2. The van der Waals surface area contributed by atoms with E-state index in [2.05, 4.69) is 37.6 Å². The smallest absolute Gasteiger partial charge is 0.0442 e. The van der Waals surface area contributed by atoms with Gasteiger partial charge >= 0.3 is 0 Å². The lowest BCUT2D eigenvalue weighted by Gasteiger charge is -2.08. The number of hydrogen-bond acceptors (Lipinski definition) is 0. The molecule has 0 nitrogen and oxygen atoms in total. The van der Waals surface area contributed by atoms with Crippen LogP contribution in [0.4, 0.5) is 0 Å². The summed E-state index contributed by atoms with van der Waals surface area (Å²) >= 11 is 12.1. The zero-order chi connectivity index (χ0) is 13.0. The van der Waals surface area contributed by atoms with Crippen LogP contribution in [-0.4, -0.2) is 0 Å². The van der Waals surface area contributed by atoms with Crippen molar-refractivity contribution in [3.63, 3.8) is 0 Å². The van der Waals surface area contributed by atoms with Crippen molar-refractivity contribution in [1.82, 2.24) is 0 Å². The zero-order valence-electron chi connectivity index (χ0n) is 10.3. The fourth-order valence-corrected chi connectivity index (χ4v) is 2.37. The van der Waals surface area contributed by atoms with Crippen LogP contribution in [0.3, 0.4) is 0 Å². The highest BCUT2D eigenvalue weighted by atomic mass is 35.5. The van der Waals surface area contributed by atoms with Gasteiger partial charge in [-0.15, -0.1) is 0 Å². The summed E-state index contributed by atoms with van der Waals surface area (Å²) in [6.07, 6.45) is 4.06. The Morgan fingerprint density at radius 2 is 1.72 bits per heavy atom. The van der Waals surface area contributed by atoms with Crippen LogP contribution in [0.1, 0.15) is 23.6 Å². The Hall–Kier alpha value is -0.980. The third-order valence-electron chi connectivity index (χ3n) is 3.00. The predicted octanol–water partition coefficient (Wildman–Crippen LogP) is 5.35. The molecule has 0 aromatic heterocycles. The average Bonchev–Trinajstić information content (AvgIpc) is 2.40. The molecule has 0 saturated heterocycles. The predicted molar refractivity (Wildman–Crippen MR) is 79.4 cm³/mol. The lowest BCUT2D eigenvalue weighted by atomic mass is 9.98. The van der Waals surface area contributed by atoms with Crippen molar-refractivity contribution in [1.29, 1.82) is 0 Å². The van der Waals surface area contributed by atoms with Crippen molar-refractivity contribution in [2.75, 3.05) is 0 Å². The first-order chi connectivity index (χ1) is 8.70. The summed E-state index contributed by atoms with van der Waals surface area (Å²) in [5.41, 5.74) is 3.72. The van der Waals surface area contributed by atoms with Gasteiger partial charge in [-0.25, -0.2) is 0 Å². The molecule has 0 unspecified atom stereocenters. The first kappa shape index (κ1) is 13.5. The van der Waals surface area contributed by atoms with Gasteiger partial charge in [0.05, 0.1) is 0 Å². The Morgan fingerprint density at radius 1 is 1.00 bits per heavy atom. The quantitative estimate of drug-likeness (QED) is 0.707. The number of aryl methyl sites for hydroxylation is 1. The number of hydrogen-bond donors (Lipinski definition) is 0. The van der Waals surface area contributed by atoms with Crippen molar-refractivity contribution in [2.45, 2.75) is 19.8 Å². The van der Waals surface area contributed by atoms with E-state index in [1.807, 2.05) is 12.1 Å². The van der Waals surface area contributed by atoms with E-state index in [-0.39, 0.29) is 0 Å². The Bertz CT molecular complexity index is 532. The maximum absolute atomic E-state index is 6.15. The minimum absolute atomic E-state index is 0.717. The lowest BCUT2D eigenvalue weighted by molar-refractivity contribution is 1.05. The van der Waals surface area contributed by atoms with Crippen molar-refractivity contribution >= 4 is 23.2 Å². The van der Waals surface area contributed by atoms with E-state index in [0.717, 1.165) is 28.5 Å². The molecule has 2 aromatic carbocycles. The summed E-state index contributed by atoms with van der Waals surface area (Å²) in [6, 6.07) is 14.0. The summed E-state index contributed by atoms with van der Waals surface area (Å²) in [5, 5.41) is 1.46. The Balaban J connectivity index is 2.14. The highest BCUT2D eigenvalue weighted by molar-refractivity contribution is 6.33. The third kappa shape index (κ3) is 3.28. The van der Waals surface area contributed by atoms with Crippen LogP contribution in [0.5, 0.6) is 0 Å². The van der Waals surface area contributed by atoms with E-state index < -0.39 is 0 Å². The van der Waals surface area contributed by atoms with Crippen molar-refractivity contribution < 1.29 is 0 Å².